The van der Waals surface area contributed by atoms with Crippen molar-refractivity contribution in [1.29, 1.82) is 0 Å². The second kappa shape index (κ2) is 5.26. The number of hydrogen-bond donors (Lipinski definition) is 1. The largest absolute Gasteiger partial charge is 0.380 e. The Balaban J connectivity index is 2.58. The number of nitrogens with zero attached hydrogens (tertiary/aromatic N) is 2. The van der Waals surface area contributed by atoms with Crippen molar-refractivity contribution in [3.05, 3.63) is 16.5 Å². The zero-order chi connectivity index (χ0) is 10.6. The van der Waals surface area contributed by atoms with Crippen molar-refractivity contribution in [2.24, 2.45) is 0 Å². The van der Waals surface area contributed by atoms with E-state index in [0.717, 1.165) is 22.8 Å². The number of halogens is 1. The van der Waals surface area contributed by atoms with Crippen LogP contribution in [-0.4, -0.2) is 29.7 Å². The van der Waals surface area contributed by atoms with Crippen molar-refractivity contribution < 1.29 is 4.74 Å². The van der Waals surface area contributed by atoms with Gasteiger partial charge >= 0.3 is 0 Å². The molecule has 1 unspecified atom stereocenters. The van der Waals surface area contributed by atoms with E-state index in [9.17, 15) is 0 Å². The van der Waals surface area contributed by atoms with Crippen LogP contribution in [0.15, 0.2) is 10.7 Å². The van der Waals surface area contributed by atoms with Crippen molar-refractivity contribution >= 4 is 21.7 Å². The van der Waals surface area contributed by atoms with Gasteiger partial charge in [0, 0.05) is 19.7 Å². The fourth-order valence-corrected chi connectivity index (χ4v) is 1.43. The molecule has 0 amide bonds. The number of rotatable bonds is 4. The number of ether oxygens (including phenoxy) is 1. The predicted octanol–water partition coefficient (Wildman–Crippen LogP) is 1.99. The smallest absolute Gasteiger partial charge is 0.130 e. The topological polar surface area (TPSA) is 47.0 Å². The van der Waals surface area contributed by atoms with Gasteiger partial charge in [0.05, 0.1) is 6.10 Å². The molecule has 0 aliphatic heterocycles. The summed E-state index contributed by atoms with van der Waals surface area (Å²) < 4.78 is 5.90. The normalized spacial score (nSPS) is 12.6. The van der Waals surface area contributed by atoms with Gasteiger partial charge in [0.15, 0.2) is 0 Å². The number of aromatic nitrogens is 2. The second-order valence-corrected chi connectivity index (χ2v) is 3.86. The molecule has 0 bridgehead atoms. The van der Waals surface area contributed by atoms with Crippen molar-refractivity contribution in [2.75, 3.05) is 19.0 Å². The molecule has 1 aromatic heterocycles. The van der Waals surface area contributed by atoms with Crippen LogP contribution >= 0.6 is 15.9 Å². The van der Waals surface area contributed by atoms with Gasteiger partial charge in [-0.25, -0.2) is 9.97 Å². The van der Waals surface area contributed by atoms with Gasteiger partial charge in [-0.05, 0) is 29.8 Å². The molecule has 4 nitrogen and oxygen atoms in total. The molecular formula is C9H14BrN3O. The van der Waals surface area contributed by atoms with Crippen molar-refractivity contribution in [1.82, 2.24) is 9.97 Å². The lowest BCUT2D eigenvalue weighted by molar-refractivity contribution is 0.128. The summed E-state index contributed by atoms with van der Waals surface area (Å²) in [5.74, 6) is 1.56. The Morgan fingerprint density at radius 3 is 2.86 bits per heavy atom. The van der Waals surface area contributed by atoms with E-state index in [1.54, 1.807) is 7.11 Å². The first-order valence-electron chi connectivity index (χ1n) is 4.39. The average Bonchev–Trinajstić information content (AvgIpc) is 2.12. The first-order chi connectivity index (χ1) is 6.61. The minimum absolute atomic E-state index is 0.170. The van der Waals surface area contributed by atoms with Crippen LogP contribution < -0.4 is 5.32 Å². The average molecular weight is 260 g/mol. The summed E-state index contributed by atoms with van der Waals surface area (Å²) in [6, 6.07) is 1.84. The van der Waals surface area contributed by atoms with Gasteiger partial charge in [-0.3, -0.25) is 0 Å². The van der Waals surface area contributed by atoms with Gasteiger partial charge < -0.3 is 10.1 Å². The maximum atomic E-state index is 5.11. The summed E-state index contributed by atoms with van der Waals surface area (Å²) in [5.41, 5.74) is 0. The van der Waals surface area contributed by atoms with E-state index >= 15 is 0 Å². The third-order valence-corrected chi connectivity index (χ3v) is 2.19. The van der Waals surface area contributed by atoms with Crippen LogP contribution in [0.1, 0.15) is 12.7 Å². The molecule has 1 rings (SSSR count). The van der Waals surface area contributed by atoms with Gasteiger partial charge in [0.2, 0.25) is 0 Å². The van der Waals surface area contributed by atoms with E-state index in [4.69, 9.17) is 4.74 Å². The molecule has 0 aliphatic rings. The maximum absolute atomic E-state index is 5.11. The fraction of sp³-hybridized carbons (Fsp3) is 0.556. The van der Waals surface area contributed by atoms with Crippen LogP contribution in [0.4, 0.5) is 5.82 Å². The molecule has 1 aromatic rings. The third-order valence-electron chi connectivity index (χ3n) is 1.78. The zero-order valence-electron chi connectivity index (χ0n) is 8.54. The SMILES string of the molecule is COC(C)CNc1cc(Br)nc(C)n1. The number of anilines is 1. The molecule has 78 valence electrons. The molecule has 0 saturated carbocycles. The second-order valence-electron chi connectivity index (χ2n) is 3.05. The van der Waals surface area contributed by atoms with Crippen molar-refractivity contribution in [3.63, 3.8) is 0 Å². The van der Waals surface area contributed by atoms with E-state index in [1.165, 1.54) is 0 Å². The van der Waals surface area contributed by atoms with E-state index in [1.807, 2.05) is 19.9 Å². The predicted molar refractivity (Wildman–Crippen MR) is 59.4 cm³/mol. The summed E-state index contributed by atoms with van der Waals surface area (Å²) in [4.78, 5) is 8.35. The number of aryl methyl sites for hydroxylation is 1. The molecule has 0 saturated heterocycles. The van der Waals surface area contributed by atoms with Crippen molar-refractivity contribution in [2.45, 2.75) is 20.0 Å². The van der Waals surface area contributed by atoms with Crippen LogP contribution in [0, 0.1) is 6.92 Å². The highest BCUT2D eigenvalue weighted by Gasteiger charge is 2.02. The van der Waals surface area contributed by atoms with Crippen LogP contribution in [0.25, 0.3) is 0 Å². The zero-order valence-corrected chi connectivity index (χ0v) is 10.1. The standard InChI is InChI=1S/C9H14BrN3O/c1-6(14-3)5-11-9-4-8(10)12-7(2)13-9/h4,6H,5H2,1-3H3,(H,11,12,13). The highest BCUT2D eigenvalue weighted by Crippen LogP contribution is 2.11. The fourth-order valence-electron chi connectivity index (χ4n) is 0.953. The minimum atomic E-state index is 0.170. The molecule has 0 aromatic carbocycles. The van der Waals surface area contributed by atoms with Crippen LogP contribution in [-0.2, 0) is 4.74 Å². The lowest BCUT2D eigenvalue weighted by Crippen LogP contribution is -2.18. The van der Waals surface area contributed by atoms with Gasteiger partial charge in [0.25, 0.3) is 0 Å². The number of hydrogen-bond acceptors (Lipinski definition) is 4. The molecule has 1 heterocycles. The van der Waals surface area contributed by atoms with Gasteiger partial charge in [0.1, 0.15) is 16.2 Å². The Hall–Kier alpha value is -0.680. The Morgan fingerprint density at radius 1 is 1.57 bits per heavy atom. The first-order valence-corrected chi connectivity index (χ1v) is 5.19. The third kappa shape index (κ3) is 3.59. The molecule has 0 aliphatic carbocycles. The van der Waals surface area contributed by atoms with Crippen LogP contribution in [0.5, 0.6) is 0 Å². The number of methoxy groups -OCH3 is 1. The van der Waals surface area contributed by atoms with E-state index < -0.39 is 0 Å². The van der Waals surface area contributed by atoms with Gasteiger partial charge in [-0.2, -0.15) is 0 Å². The van der Waals surface area contributed by atoms with Crippen LogP contribution in [0.2, 0.25) is 0 Å². The van der Waals surface area contributed by atoms with E-state index in [2.05, 4.69) is 31.2 Å². The summed E-state index contributed by atoms with van der Waals surface area (Å²) in [5, 5.41) is 3.17. The summed E-state index contributed by atoms with van der Waals surface area (Å²) in [7, 11) is 1.69. The Kier molecular flexibility index (Phi) is 4.28. The quantitative estimate of drug-likeness (QED) is 0.841. The highest BCUT2D eigenvalue weighted by atomic mass is 79.9. The highest BCUT2D eigenvalue weighted by molar-refractivity contribution is 9.10. The monoisotopic (exact) mass is 259 g/mol. The Labute approximate surface area is 92.2 Å². The minimum Gasteiger partial charge on any atom is -0.380 e. The molecule has 0 radical (unpaired) electrons. The van der Waals surface area contributed by atoms with Gasteiger partial charge in [-0.1, -0.05) is 0 Å². The molecule has 5 heteroatoms. The summed E-state index contributed by atoms with van der Waals surface area (Å²) >= 11 is 3.31. The van der Waals surface area contributed by atoms with E-state index in [0.29, 0.717) is 0 Å². The van der Waals surface area contributed by atoms with Crippen LogP contribution in [0.3, 0.4) is 0 Å². The summed E-state index contributed by atoms with van der Waals surface area (Å²) in [6.45, 7) is 4.59. The molecular weight excluding hydrogens is 246 g/mol. The van der Waals surface area contributed by atoms with Gasteiger partial charge in [-0.15, -0.1) is 0 Å². The molecule has 0 spiro atoms. The Bertz CT molecular complexity index is 286. The number of nitrogens with one attached hydrogen (secondary N) is 1. The molecule has 14 heavy (non-hydrogen) atoms. The lowest BCUT2D eigenvalue weighted by atomic mass is 10.4. The van der Waals surface area contributed by atoms with E-state index in [-0.39, 0.29) is 6.10 Å². The molecule has 1 atom stereocenters. The maximum Gasteiger partial charge on any atom is 0.130 e. The first kappa shape index (κ1) is 11.4. The molecule has 1 N–H and O–H groups in total. The molecule has 0 fully saturated rings. The van der Waals surface area contributed by atoms with Crippen molar-refractivity contribution in [3.8, 4) is 0 Å². The lowest BCUT2D eigenvalue weighted by Gasteiger charge is -2.11. The Morgan fingerprint density at radius 2 is 2.29 bits per heavy atom. The summed E-state index contributed by atoms with van der Waals surface area (Å²) in [6.07, 6.45) is 0.170.